The fourth-order valence-electron chi connectivity index (χ4n) is 3.34. The van der Waals surface area contributed by atoms with Gasteiger partial charge in [0.1, 0.15) is 5.54 Å². The molecule has 2 atom stereocenters. The first-order chi connectivity index (χ1) is 10.1. The van der Waals surface area contributed by atoms with Gasteiger partial charge in [-0.1, -0.05) is 26.2 Å². The van der Waals surface area contributed by atoms with Crippen LogP contribution in [0.15, 0.2) is 0 Å². The number of ether oxygens (including phenoxy) is 1. The Balaban J connectivity index is 1.89. The largest absolute Gasteiger partial charge is 0.480 e. The monoisotopic (exact) mass is 298 g/mol. The Morgan fingerprint density at radius 1 is 1.29 bits per heavy atom. The van der Waals surface area contributed by atoms with E-state index in [1.165, 1.54) is 6.42 Å². The molecular formula is C15H26N2O4. The summed E-state index contributed by atoms with van der Waals surface area (Å²) in [6.07, 6.45) is 6.10. The highest BCUT2D eigenvalue weighted by atomic mass is 16.5. The van der Waals surface area contributed by atoms with Crippen molar-refractivity contribution in [2.75, 3.05) is 13.2 Å². The SMILES string of the molecule is CCC1CCCC(NC(=O)NC2(C(=O)O)CCOCC2)C1. The van der Waals surface area contributed by atoms with Crippen molar-refractivity contribution in [1.82, 2.24) is 10.6 Å². The van der Waals surface area contributed by atoms with Gasteiger partial charge in [0.05, 0.1) is 0 Å². The molecule has 1 saturated heterocycles. The van der Waals surface area contributed by atoms with Gasteiger partial charge >= 0.3 is 12.0 Å². The molecule has 2 amide bonds. The Morgan fingerprint density at radius 2 is 2.00 bits per heavy atom. The van der Waals surface area contributed by atoms with E-state index in [0.29, 0.717) is 32.0 Å². The predicted molar refractivity (Wildman–Crippen MR) is 78.1 cm³/mol. The molecule has 0 aromatic rings. The van der Waals surface area contributed by atoms with Crippen LogP contribution in [0, 0.1) is 5.92 Å². The van der Waals surface area contributed by atoms with Gasteiger partial charge in [0.15, 0.2) is 0 Å². The summed E-state index contributed by atoms with van der Waals surface area (Å²) in [6.45, 7) is 2.91. The summed E-state index contributed by atoms with van der Waals surface area (Å²) < 4.78 is 5.20. The van der Waals surface area contributed by atoms with Crippen LogP contribution in [0.1, 0.15) is 51.9 Å². The lowest BCUT2D eigenvalue weighted by molar-refractivity contribution is -0.148. The number of carbonyl (C=O) groups is 2. The Bertz CT molecular complexity index is 380. The molecule has 0 radical (unpaired) electrons. The van der Waals surface area contributed by atoms with E-state index in [1.807, 2.05) is 0 Å². The zero-order valence-corrected chi connectivity index (χ0v) is 12.7. The molecule has 2 rings (SSSR count). The average molecular weight is 298 g/mol. The molecule has 1 heterocycles. The lowest BCUT2D eigenvalue weighted by Crippen LogP contribution is -2.60. The summed E-state index contributed by atoms with van der Waals surface area (Å²) in [6, 6.07) is -0.199. The molecule has 0 bridgehead atoms. The van der Waals surface area contributed by atoms with Crippen molar-refractivity contribution in [2.45, 2.75) is 63.5 Å². The Kier molecular flexibility index (Phi) is 5.45. The standard InChI is InChI=1S/C15H26N2O4/c1-2-11-4-3-5-12(10-11)16-14(20)17-15(13(18)19)6-8-21-9-7-15/h11-12H,2-10H2,1H3,(H,18,19)(H2,16,17,20). The highest BCUT2D eigenvalue weighted by Crippen LogP contribution is 2.27. The Morgan fingerprint density at radius 3 is 2.62 bits per heavy atom. The van der Waals surface area contributed by atoms with E-state index in [0.717, 1.165) is 25.7 Å². The molecule has 1 aliphatic heterocycles. The Labute approximate surface area is 125 Å². The zero-order chi connectivity index (χ0) is 15.3. The van der Waals surface area contributed by atoms with Crippen LogP contribution >= 0.6 is 0 Å². The minimum atomic E-state index is -1.18. The molecule has 120 valence electrons. The summed E-state index contributed by atoms with van der Waals surface area (Å²) in [5.41, 5.74) is -1.18. The summed E-state index contributed by atoms with van der Waals surface area (Å²) in [5.74, 6) is -0.309. The average Bonchev–Trinajstić information content (AvgIpc) is 2.48. The molecule has 1 aliphatic carbocycles. The highest BCUT2D eigenvalue weighted by molar-refractivity contribution is 5.86. The van der Waals surface area contributed by atoms with Gasteiger partial charge in [-0.2, -0.15) is 0 Å². The van der Waals surface area contributed by atoms with Crippen molar-refractivity contribution in [1.29, 1.82) is 0 Å². The molecule has 21 heavy (non-hydrogen) atoms. The minimum absolute atomic E-state index is 0.161. The summed E-state index contributed by atoms with van der Waals surface area (Å²) in [5, 5.41) is 15.1. The van der Waals surface area contributed by atoms with Gasteiger partial charge in [-0.25, -0.2) is 9.59 Å². The van der Waals surface area contributed by atoms with Crippen LogP contribution in [-0.4, -0.2) is 41.9 Å². The van der Waals surface area contributed by atoms with Gasteiger partial charge in [-0.15, -0.1) is 0 Å². The molecular weight excluding hydrogens is 272 g/mol. The van der Waals surface area contributed by atoms with Crippen molar-refractivity contribution in [3.8, 4) is 0 Å². The highest BCUT2D eigenvalue weighted by Gasteiger charge is 2.42. The van der Waals surface area contributed by atoms with Crippen LogP contribution in [0.3, 0.4) is 0 Å². The number of aliphatic carboxylic acids is 1. The summed E-state index contributed by atoms with van der Waals surface area (Å²) >= 11 is 0. The van der Waals surface area contributed by atoms with Gasteiger partial charge in [-0.05, 0) is 18.8 Å². The third kappa shape index (κ3) is 4.09. The second-order valence-electron chi connectivity index (χ2n) is 6.24. The Hall–Kier alpha value is -1.30. The van der Waals surface area contributed by atoms with Crippen LogP contribution < -0.4 is 10.6 Å². The van der Waals surface area contributed by atoms with Crippen molar-refractivity contribution in [2.24, 2.45) is 5.92 Å². The van der Waals surface area contributed by atoms with Crippen molar-refractivity contribution in [3.63, 3.8) is 0 Å². The summed E-state index contributed by atoms with van der Waals surface area (Å²) in [7, 11) is 0. The second-order valence-corrected chi connectivity index (χ2v) is 6.24. The maximum atomic E-state index is 12.2. The summed E-state index contributed by atoms with van der Waals surface area (Å²) in [4.78, 5) is 23.7. The molecule has 3 N–H and O–H groups in total. The first kappa shape index (κ1) is 16.1. The van der Waals surface area contributed by atoms with Gasteiger partial charge in [0.25, 0.3) is 0 Å². The predicted octanol–water partition coefficient (Wildman–Crippen LogP) is 1.89. The van der Waals surface area contributed by atoms with Gasteiger partial charge in [0.2, 0.25) is 0 Å². The van der Waals surface area contributed by atoms with Crippen LogP contribution in [0.4, 0.5) is 4.79 Å². The molecule has 6 heteroatoms. The number of amides is 2. The maximum Gasteiger partial charge on any atom is 0.329 e. The third-order valence-corrected chi connectivity index (χ3v) is 4.80. The van der Waals surface area contributed by atoms with Crippen LogP contribution in [0.25, 0.3) is 0 Å². The van der Waals surface area contributed by atoms with Crippen LogP contribution in [0.5, 0.6) is 0 Å². The minimum Gasteiger partial charge on any atom is -0.480 e. The number of carboxylic acids is 1. The molecule has 2 aliphatic rings. The number of carbonyl (C=O) groups excluding carboxylic acids is 1. The molecule has 6 nitrogen and oxygen atoms in total. The fourth-order valence-corrected chi connectivity index (χ4v) is 3.34. The number of hydrogen-bond donors (Lipinski definition) is 3. The smallest absolute Gasteiger partial charge is 0.329 e. The molecule has 1 saturated carbocycles. The van der Waals surface area contributed by atoms with E-state index in [9.17, 15) is 14.7 Å². The molecule has 0 spiro atoms. The van der Waals surface area contributed by atoms with Crippen molar-refractivity contribution < 1.29 is 19.4 Å². The van der Waals surface area contributed by atoms with Crippen molar-refractivity contribution in [3.05, 3.63) is 0 Å². The van der Waals surface area contributed by atoms with E-state index in [4.69, 9.17) is 4.74 Å². The lowest BCUT2D eigenvalue weighted by Gasteiger charge is -2.35. The first-order valence-electron chi connectivity index (χ1n) is 7.95. The zero-order valence-electron chi connectivity index (χ0n) is 12.7. The number of carboxylic acid groups (broad SMARTS) is 1. The number of urea groups is 1. The topological polar surface area (TPSA) is 87.7 Å². The normalized spacial score (nSPS) is 28.6. The van der Waals surface area contributed by atoms with Gasteiger partial charge < -0.3 is 20.5 Å². The van der Waals surface area contributed by atoms with E-state index < -0.39 is 11.5 Å². The maximum absolute atomic E-state index is 12.2. The van der Waals surface area contributed by atoms with Crippen LogP contribution in [0.2, 0.25) is 0 Å². The molecule has 0 aromatic carbocycles. The van der Waals surface area contributed by atoms with E-state index in [-0.39, 0.29) is 12.1 Å². The molecule has 2 unspecified atom stereocenters. The van der Waals surface area contributed by atoms with Crippen LogP contribution in [-0.2, 0) is 9.53 Å². The van der Waals surface area contributed by atoms with E-state index >= 15 is 0 Å². The number of hydrogen-bond acceptors (Lipinski definition) is 3. The van der Waals surface area contributed by atoms with E-state index in [1.54, 1.807) is 0 Å². The van der Waals surface area contributed by atoms with Gasteiger partial charge in [0, 0.05) is 32.1 Å². The number of nitrogens with one attached hydrogen (secondary N) is 2. The molecule has 2 fully saturated rings. The van der Waals surface area contributed by atoms with E-state index in [2.05, 4.69) is 17.6 Å². The first-order valence-corrected chi connectivity index (χ1v) is 7.95. The quantitative estimate of drug-likeness (QED) is 0.739. The second kappa shape index (κ2) is 7.11. The van der Waals surface area contributed by atoms with Gasteiger partial charge in [-0.3, -0.25) is 0 Å². The number of rotatable bonds is 4. The third-order valence-electron chi connectivity index (χ3n) is 4.80. The molecule has 0 aromatic heterocycles. The lowest BCUT2D eigenvalue weighted by atomic mass is 9.84. The van der Waals surface area contributed by atoms with Crippen molar-refractivity contribution >= 4 is 12.0 Å². The fraction of sp³-hybridized carbons (Fsp3) is 0.867.